The van der Waals surface area contributed by atoms with Crippen molar-refractivity contribution in [2.75, 3.05) is 7.05 Å². The summed E-state index contributed by atoms with van der Waals surface area (Å²) in [5.41, 5.74) is 4.30. The lowest BCUT2D eigenvalue weighted by molar-refractivity contribution is 0.0784. The predicted octanol–water partition coefficient (Wildman–Crippen LogP) is 4.59. The molecule has 21 heavy (non-hydrogen) atoms. The van der Waals surface area contributed by atoms with Crippen molar-refractivity contribution < 1.29 is 4.79 Å². The van der Waals surface area contributed by atoms with Gasteiger partial charge in [0.2, 0.25) is 0 Å². The summed E-state index contributed by atoms with van der Waals surface area (Å²) >= 11 is 3.47. The Balaban J connectivity index is 2.11. The standard InChI is InChI=1S/C18H20BrNO/c1-4-14-6-8-15(9-7-14)12-20(3)18(21)16-10-5-13(2)11-17(16)19/h5-11H,4,12H2,1-3H3. The second-order valence-corrected chi connectivity index (χ2v) is 6.17. The van der Waals surface area contributed by atoms with E-state index in [1.165, 1.54) is 5.56 Å². The van der Waals surface area contributed by atoms with E-state index in [-0.39, 0.29) is 5.91 Å². The summed E-state index contributed by atoms with van der Waals surface area (Å²) in [6.07, 6.45) is 1.03. The van der Waals surface area contributed by atoms with Gasteiger partial charge in [-0.05, 0) is 58.1 Å². The van der Waals surface area contributed by atoms with Gasteiger partial charge in [0.25, 0.3) is 5.91 Å². The second-order valence-electron chi connectivity index (χ2n) is 5.31. The molecule has 0 unspecified atom stereocenters. The third-order valence-electron chi connectivity index (χ3n) is 3.55. The highest BCUT2D eigenvalue weighted by Gasteiger charge is 2.15. The van der Waals surface area contributed by atoms with Gasteiger partial charge in [-0.2, -0.15) is 0 Å². The highest BCUT2D eigenvalue weighted by molar-refractivity contribution is 9.10. The van der Waals surface area contributed by atoms with Crippen LogP contribution in [0.2, 0.25) is 0 Å². The normalized spacial score (nSPS) is 10.5. The number of benzene rings is 2. The first-order valence-corrected chi connectivity index (χ1v) is 7.90. The van der Waals surface area contributed by atoms with Crippen LogP contribution in [0, 0.1) is 6.92 Å². The number of carbonyl (C=O) groups is 1. The summed E-state index contributed by atoms with van der Waals surface area (Å²) in [7, 11) is 1.84. The molecule has 0 atom stereocenters. The molecule has 0 aliphatic carbocycles. The number of aryl methyl sites for hydroxylation is 2. The van der Waals surface area contributed by atoms with Crippen molar-refractivity contribution >= 4 is 21.8 Å². The quantitative estimate of drug-likeness (QED) is 0.793. The molecule has 1 amide bonds. The van der Waals surface area contributed by atoms with Crippen LogP contribution in [0.4, 0.5) is 0 Å². The van der Waals surface area contributed by atoms with Crippen LogP contribution in [0.1, 0.15) is 34.0 Å². The Morgan fingerprint density at radius 1 is 1.10 bits per heavy atom. The SMILES string of the molecule is CCc1ccc(CN(C)C(=O)c2ccc(C)cc2Br)cc1. The lowest BCUT2D eigenvalue weighted by atomic mass is 10.1. The number of carbonyl (C=O) groups excluding carboxylic acids is 1. The fourth-order valence-electron chi connectivity index (χ4n) is 2.23. The Morgan fingerprint density at radius 3 is 2.29 bits per heavy atom. The maximum atomic E-state index is 12.5. The number of rotatable bonds is 4. The number of nitrogens with zero attached hydrogens (tertiary/aromatic N) is 1. The van der Waals surface area contributed by atoms with Gasteiger partial charge >= 0.3 is 0 Å². The monoisotopic (exact) mass is 345 g/mol. The molecule has 0 saturated heterocycles. The average molecular weight is 346 g/mol. The van der Waals surface area contributed by atoms with Crippen molar-refractivity contribution in [2.24, 2.45) is 0 Å². The molecule has 0 heterocycles. The molecule has 0 radical (unpaired) electrons. The minimum absolute atomic E-state index is 0.0291. The van der Waals surface area contributed by atoms with Gasteiger partial charge in [-0.1, -0.05) is 37.3 Å². The minimum atomic E-state index is 0.0291. The summed E-state index contributed by atoms with van der Waals surface area (Å²) in [5, 5.41) is 0. The molecule has 0 saturated carbocycles. The van der Waals surface area contributed by atoms with E-state index in [2.05, 4.69) is 47.1 Å². The number of hydrogen-bond acceptors (Lipinski definition) is 1. The topological polar surface area (TPSA) is 20.3 Å². The van der Waals surface area contributed by atoms with Gasteiger partial charge in [-0.25, -0.2) is 0 Å². The van der Waals surface area contributed by atoms with Crippen LogP contribution in [0.5, 0.6) is 0 Å². The van der Waals surface area contributed by atoms with Gasteiger partial charge in [0.05, 0.1) is 5.56 Å². The third-order valence-corrected chi connectivity index (χ3v) is 4.21. The molecular formula is C18H20BrNO. The van der Waals surface area contributed by atoms with E-state index < -0.39 is 0 Å². The minimum Gasteiger partial charge on any atom is -0.337 e. The van der Waals surface area contributed by atoms with Crippen molar-refractivity contribution in [2.45, 2.75) is 26.8 Å². The molecule has 110 valence electrons. The highest BCUT2D eigenvalue weighted by Crippen LogP contribution is 2.20. The van der Waals surface area contributed by atoms with Crippen LogP contribution < -0.4 is 0 Å². The molecular weight excluding hydrogens is 326 g/mol. The Labute approximate surface area is 134 Å². The van der Waals surface area contributed by atoms with E-state index >= 15 is 0 Å². The number of halogens is 1. The van der Waals surface area contributed by atoms with Crippen LogP contribution in [-0.2, 0) is 13.0 Å². The maximum absolute atomic E-state index is 12.5. The highest BCUT2D eigenvalue weighted by atomic mass is 79.9. The van der Waals surface area contributed by atoms with Crippen molar-refractivity contribution in [3.05, 3.63) is 69.2 Å². The Kier molecular flexibility index (Phi) is 5.18. The van der Waals surface area contributed by atoms with Gasteiger partial charge in [-0.3, -0.25) is 4.79 Å². The molecule has 2 aromatic rings. The molecule has 0 aromatic heterocycles. The van der Waals surface area contributed by atoms with E-state index in [0.717, 1.165) is 22.0 Å². The lowest BCUT2D eigenvalue weighted by Crippen LogP contribution is -2.26. The van der Waals surface area contributed by atoms with Crippen molar-refractivity contribution in [1.29, 1.82) is 0 Å². The molecule has 0 aliphatic rings. The predicted molar refractivity (Wildman–Crippen MR) is 90.5 cm³/mol. The summed E-state index contributed by atoms with van der Waals surface area (Å²) in [6, 6.07) is 14.2. The van der Waals surface area contributed by atoms with E-state index in [1.807, 2.05) is 32.2 Å². The smallest absolute Gasteiger partial charge is 0.255 e. The zero-order valence-electron chi connectivity index (χ0n) is 12.7. The largest absolute Gasteiger partial charge is 0.337 e. The van der Waals surface area contributed by atoms with E-state index in [1.54, 1.807) is 4.90 Å². The van der Waals surface area contributed by atoms with Gasteiger partial charge in [-0.15, -0.1) is 0 Å². The van der Waals surface area contributed by atoms with E-state index in [0.29, 0.717) is 12.1 Å². The Bertz CT molecular complexity index is 634. The zero-order valence-corrected chi connectivity index (χ0v) is 14.3. The molecule has 0 bridgehead atoms. The second kappa shape index (κ2) is 6.90. The van der Waals surface area contributed by atoms with Crippen molar-refractivity contribution in [3.63, 3.8) is 0 Å². The van der Waals surface area contributed by atoms with E-state index in [4.69, 9.17) is 0 Å². The van der Waals surface area contributed by atoms with E-state index in [9.17, 15) is 4.79 Å². The average Bonchev–Trinajstić information content (AvgIpc) is 2.47. The fraction of sp³-hybridized carbons (Fsp3) is 0.278. The van der Waals surface area contributed by atoms with Crippen molar-refractivity contribution in [3.8, 4) is 0 Å². The first kappa shape index (κ1) is 15.8. The summed E-state index contributed by atoms with van der Waals surface area (Å²) in [5.74, 6) is 0.0291. The first-order valence-electron chi connectivity index (χ1n) is 7.10. The first-order chi connectivity index (χ1) is 10.0. The number of amides is 1. The lowest BCUT2D eigenvalue weighted by Gasteiger charge is -2.18. The molecule has 0 aliphatic heterocycles. The fourth-order valence-corrected chi connectivity index (χ4v) is 2.89. The molecule has 3 heteroatoms. The van der Waals surface area contributed by atoms with Crippen molar-refractivity contribution in [1.82, 2.24) is 4.90 Å². The maximum Gasteiger partial charge on any atom is 0.255 e. The zero-order chi connectivity index (χ0) is 15.4. The molecule has 2 aromatic carbocycles. The molecule has 2 rings (SSSR count). The van der Waals surface area contributed by atoms with Crippen LogP contribution in [-0.4, -0.2) is 17.9 Å². The van der Waals surface area contributed by atoms with Gasteiger partial charge in [0.1, 0.15) is 0 Å². The van der Waals surface area contributed by atoms with Crippen LogP contribution in [0.3, 0.4) is 0 Å². The number of hydrogen-bond donors (Lipinski definition) is 0. The van der Waals surface area contributed by atoms with Gasteiger partial charge in [0, 0.05) is 18.1 Å². The van der Waals surface area contributed by atoms with Crippen LogP contribution >= 0.6 is 15.9 Å². The summed E-state index contributed by atoms with van der Waals surface area (Å²) < 4.78 is 0.848. The Morgan fingerprint density at radius 2 is 1.71 bits per heavy atom. The molecule has 0 spiro atoms. The molecule has 0 N–H and O–H groups in total. The summed E-state index contributed by atoms with van der Waals surface area (Å²) in [4.78, 5) is 14.2. The van der Waals surface area contributed by atoms with Gasteiger partial charge < -0.3 is 4.90 Å². The third kappa shape index (κ3) is 3.94. The van der Waals surface area contributed by atoms with Crippen LogP contribution in [0.15, 0.2) is 46.9 Å². The van der Waals surface area contributed by atoms with Crippen LogP contribution in [0.25, 0.3) is 0 Å². The summed E-state index contributed by atoms with van der Waals surface area (Å²) in [6.45, 7) is 4.76. The van der Waals surface area contributed by atoms with Gasteiger partial charge in [0.15, 0.2) is 0 Å². The Hall–Kier alpha value is -1.61. The molecule has 0 fully saturated rings. The molecule has 2 nitrogen and oxygen atoms in total.